The molecule has 0 saturated carbocycles. The van der Waals surface area contributed by atoms with Gasteiger partial charge in [-0.15, -0.1) is 0 Å². The van der Waals surface area contributed by atoms with E-state index in [0.29, 0.717) is 23.7 Å². The molecule has 1 N–H and O–H groups in total. The molecule has 8 heteroatoms. The molecule has 5 rings (SSSR count). The normalized spacial score (nSPS) is 17.1. The number of hydrogen-bond donors (Lipinski definition) is 1. The summed E-state index contributed by atoms with van der Waals surface area (Å²) < 4.78 is 12.4. The number of hydrogen-bond acceptors (Lipinski definition) is 5. The molecule has 4 aromatic rings. The van der Waals surface area contributed by atoms with Crippen molar-refractivity contribution in [2.24, 2.45) is 0 Å². The second kappa shape index (κ2) is 9.37. The molecule has 0 aliphatic carbocycles. The monoisotopic (exact) mass is 484 g/mol. The van der Waals surface area contributed by atoms with Crippen molar-refractivity contribution >= 4 is 11.8 Å². The zero-order valence-electron chi connectivity index (χ0n) is 20.5. The van der Waals surface area contributed by atoms with Gasteiger partial charge in [-0.25, -0.2) is 0 Å². The van der Waals surface area contributed by atoms with Crippen LogP contribution in [-0.2, 0) is 24.4 Å². The first-order valence-electron chi connectivity index (χ1n) is 11.8. The average molecular weight is 485 g/mol. The number of nitrogens with one attached hydrogen (secondary N) is 1. The highest BCUT2D eigenvalue weighted by atomic mass is 16.5. The number of methoxy groups -OCH3 is 1. The van der Waals surface area contributed by atoms with Gasteiger partial charge in [0, 0.05) is 19.2 Å². The first-order valence-corrected chi connectivity index (χ1v) is 11.8. The SMILES string of the molecule is COc1ccc(CN2C(=O)c3cc(-c4ccco4)nn3CC2(C)C(=O)NCc2ccccc2C)cc1. The van der Waals surface area contributed by atoms with E-state index in [-0.39, 0.29) is 24.9 Å². The fourth-order valence-corrected chi connectivity index (χ4v) is 4.52. The van der Waals surface area contributed by atoms with Gasteiger partial charge in [0.15, 0.2) is 5.76 Å². The lowest BCUT2D eigenvalue weighted by atomic mass is 9.93. The summed E-state index contributed by atoms with van der Waals surface area (Å²) in [5, 5.41) is 7.65. The maximum absolute atomic E-state index is 13.8. The Morgan fingerprint density at radius 1 is 1.14 bits per heavy atom. The van der Waals surface area contributed by atoms with E-state index < -0.39 is 5.54 Å². The third-order valence-corrected chi connectivity index (χ3v) is 6.76. The lowest BCUT2D eigenvalue weighted by Gasteiger charge is -2.43. The zero-order chi connectivity index (χ0) is 25.3. The molecule has 0 saturated heterocycles. The molecule has 0 spiro atoms. The van der Waals surface area contributed by atoms with Crippen LogP contribution in [0.25, 0.3) is 11.5 Å². The highest BCUT2D eigenvalue weighted by Gasteiger charge is 2.48. The van der Waals surface area contributed by atoms with Crippen molar-refractivity contribution in [1.29, 1.82) is 0 Å². The third-order valence-electron chi connectivity index (χ3n) is 6.76. The minimum atomic E-state index is -1.17. The van der Waals surface area contributed by atoms with Crippen molar-refractivity contribution in [3.05, 3.63) is 95.4 Å². The number of ether oxygens (including phenoxy) is 1. The standard InChI is InChI=1S/C28H28N4O4/c1-19-7-4-5-8-21(19)16-29-27(34)28(2)18-32-24(15-23(30-32)25-9-6-14-36-25)26(33)31(28)17-20-10-12-22(35-3)13-11-20/h4-15H,16-18H2,1-3H3,(H,29,34). The molecule has 1 unspecified atom stereocenters. The van der Waals surface area contributed by atoms with Gasteiger partial charge in [-0.05, 0) is 54.8 Å². The van der Waals surface area contributed by atoms with Gasteiger partial charge in [-0.3, -0.25) is 14.3 Å². The van der Waals surface area contributed by atoms with Gasteiger partial charge in [0.05, 0.1) is 19.9 Å². The Hall–Kier alpha value is -4.33. The summed E-state index contributed by atoms with van der Waals surface area (Å²) in [5.41, 5.74) is 2.81. The van der Waals surface area contributed by atoms with Gasteiger partial charge in [0.25, 0.3) is 5.91 Å². The third kappa shape index (κ3) is 4.26. The van der Waals surface area contributed by atoms with Crippen LogP contribution >= 0.6 is 0 Å². The lowest BCUT2D eigenvalue weighted by molar-refractivity contribution is -0.133. The van der Waals surface area contributed by atoms with Gasteiger partial charge < -0.3 is 19.4 Å². The quantitative estimate of drug-likeness (QED) is 0.425. The summed E-state index contributed by atoms with van der Waals surface area (Å²) in [7, 11) is 1.61. The molecule has 36 heavy (non-hydrogen) atoms. The number of benzene rings is 2. The number of aryl methyl sites for hydroxylation is 1. The molecule has 1 aliphatic heterocycles. The van der Waals surface area contributed by atoms with Gasteiger partial charge in [-0.1, -0.05) is 36.4 Å². The molecule has 2 amide bonds. The van der Waals surface area contributed by atoms with Crippen molar-refractivity contribution in [3.8, 4) is 17.2 Å². The summed E-state index contributed by atoms with van der Waals surface area (Å²) in [6.45, 7) is 4.65. The molecular formula is C28H28N4O4. The van der Waals surface area contributed by atoms with Crippen LogP contribution in [0, 0.1) is 6.92 Å². The van der Waals surface area contributed by atoms with Crippen molar-refractivity contribution < 1.29 is 18.7 Å². The zero-order valence-corrected chi connectivity index (χ0v) is 20.5. The molecule has 2 aromatic carbocycles. The van der Waals surface area contributed by atoms with E-state index in [2.05, 4.69) is 10.4 Å². The highest BCUT2D eigenvalue weighted by molar-refractivity contribution is 6.00. The lowest BCUT2D eigenvalue weighted by Crippen LogP contribution is -2.63. The molecule has 0 fully saturated rings. The Morgan fingerprint density at radius 3 is 2.61 bits per heavy atom. The number of aromatic nitrogens is 2. The maximum atomic E-state index is 13.8. The Balaban J connectivity index is 1.48. The van der Waals surface area contributed by atoms with Crippen molar-refractivity contribution in [3.63, 3.8) is 0 Å². The molecule has 1 atom stereocenters. The Morgan fingerprint density at radius 2 is 1.92 bits per heavy atom. The van der Waals surface area contributed by atoms with Crippen molar-refractivity contribution in [2.75, 3.05) is 7.11 Å². The molecule has 8 nitrogen and oxygen atoms in total. The molecule has 184 valence electrons. The van der Waals surface area contributed by atoms with Crippen LogP contribution in [0.4, 0.5) is 0 Å². The number of carbonyl (C=O) groups excluding carboxylic acids is 2. The maximum Gasteiger partial charge on any atom is 0.273 e. The van der Waals surface area contributed by atoms with E-state index in [4.69, 9.17) is 9.15 Å². The van der Waals surface area contributed by atoms with Crippen molar-refractivity contribution in [1.82, 2.24) is 20.0 Å². The van der Waals surface area contributed by atoms with Crippen molar-refractivity contribution in [2.45, 2.75) is 39.0 Å². The summed E-state index contributed by atoms with van der Waals surface area (Å²) >= 11 is 0. The number of rotatable bonds is 7. The van der Waals surface area contributed by atoms with Gasteiger partial charge >= 0.3 is 0 Å². The molecular weight excluding hydrogens is 456 g/mol. The van der Waals surface area contributed by atoms with E-state index in [1.807, 2.05) is 55.5 Å². The first-order chi connectivity index (χ1) is 17.4. The van der Waals surface area contributed by atoms with E-state index in [1.54, 1.807) is 48.1 Å². The number of amides is 2. The predicted molar refractivity (Wildman–Crippen MR) is 134 cm³/mol. The van der Waals surface area contributed by atoms with Gasteiger partial charge in [0.1, 0.15) is 22.7 Å². The largest absolute Gasteiger partial charge is 0.497 e. The van der Waals surface area contributed by atoms with E-state index >= 15 is 0 Å². The van der Waals surface area contributed by atoms with Crippen LogP contribution in [0.5, 0.6) is 5.75 Å². The molecule has 3 heterocycles. The fraction of sp³-hybridized carbons (Fsp3) is 0.250. The number of furan rings is 1. The molecule has 0 bridgehead atoms. The topological polar surface area (TPSA) is 89.6 Å². The van der Waals surface area contributed by atoms with Gasteiger partial charge in [-0.2, -0.15) is 5.10 Å². The Bertz CT molecular complexity index is 1390. The van der Waals surface area contributed by atoms with Crippen LogP contribution in [0.1, 0.15) is 34.1 Å². The summed E-state index contributed by atoms with van der Waals surface area (Å²) in [5.74, 6) is 0.782. The number of nitrogens with zero attached hydrogens (tertiary/aromatic N) is 3. The Labute approximate surface area is 209 Å². The van der Waals surface area contributed by atoms with Gasteiger partial charge in [0.2, 0.25) is 5.91 Å². The second-order valence-electron chi connectivity index (χ2n) is 9.17. The van der Waals surface area contributed by atoms with Crippen LogP contribution in [-0.4, -0.2) is 39.1 Å². The fourth-order valence-electron chi connectivity index (χ4n) is 4.52. The molecule has 1 aliphatic rings. The molecule has 0 radical (unpaired) electrons. The Kier molecular flexibility index (Phi) is 6.10. The smallest absolute Gasteiger partial charge is 0.273 e. The highest BCUT2D eigenvalue weighted by Crippen LogP contribution is 2.32. The second-order valence-corrected chi connectivity index (χ2v) is 9.17. The summed E-state index contributed by atoms with van der Waals surface area (Å²) in [4.78, 5) is 29.1. The van der Waals surface area contributed by atoms with E-state index in [1.165, 1.54) is 0 Å². The van der Waals surface area contributed by atoms with Crippen LogP contribution in [0.2, 0.25) is 0 Å². The van der Waals surface area contributed by atoms with E-state index in [9.17, 15) is 9.59 Å². The number of carbonyl (C=O) groups is 2. The predicted octanol–water partition coefficient (Wildman–Crippen LogP) is 4.19. The van der Waals surface area contributed by atoms with Crippen LogP contribution in [0.3, 0.4) is 0 Å². The first kappa shape index (κ1) is 23.4. The minimum Gasteiger partial charge on any atom is -0.497 e. The summed E-state index contributed by atoms with van der Waals surface area (Å²) in [6, 6.07) is 20.7. The number of fused-ring (bicyclic) bond motifs is 1. The van der Waals surface area contributed by atoms with Crippen LogP contribution < -0.4 is 10.1 Å². The average Bonchev–Trinajstić information content (AvgIpc) is 3.56. The minimum absolute atomic E-state index is 0.213. The van der Waals surface area contributed by atoms with E-state index in [0.717, 1.165) is 22.4 Å². The summed E-state index contributed by atoms with van der Waals surface area (Å²) in [6.07, 6.45) is 1.56. The molecule has 2 aromatic heterocycles. The van der Waals surface area contributed by atoms with Crippen LogP contribution in [0.15, 0.2) is 77.4 Å².